The summed E-state index contributed by atoms with van der Waals surface area (Å²) < 4.78 is 4.70. The highest BCUT2D eigenvalue weighted by Gasteiger charge is 2.27. The maximum atomic E-state index is 12.6. The standard InChI is InChI=1S/C20H21N3O5/c1-14-3-5-15(6-4-14)19(24)22-11-9-21(10-12-22)18-13-16(20(25)28-2)7-8-17(18)23(26)27/h3-8,13H,9-12H2,1-2H3. The normalized spacial score (nSPS) is 13.9. The topological polar surface area (TPSA) is 93.0 Å². The summed E-state index contributed by atoms with van der Waals surface area (Å²) in [7, 11) is 1.26. The molecule has 8 heteroatoms. The van der Waals surface area contributed by atoms with Gasteiger partial charge in [-0.25, -0.2) is 4.79 Å². The van der Waals surface area contributed by atoms with Crippen LogP contribution in [0.15, 0.2) is 42.5 Å². The Bertz CT molecular complexity index is 903. The molecule has 1 aliphatic heterocycles. The van der Waals surface area contributed by atoms with Gasteiger partial charge in [0, 0.05) is 37.8 Å². The van der Waals surface area contributed by atoms with E-state index in [1.807, 2.05) is 24.0 Å². The van der Waals surface area contributed by atoms with Crippen LogP contribution in [0.1, 0.15) is 26.3 Å². The van der Waals surface area contributed by atoms with Crippen LogP contribution in [0.25, 0.3) is 0 Å². The van der Waals surface area contributed by atoms with Crippen molar-refractivity contribution in [3.63, 3.8) is 0 Å². The zero-order valence-corrected chi connectivity index (χ0v) is 15.8. The van der Waals surface area contributed by atoms with Crippen molar-refractivity contribution >= 4 is 23.3 Å². The number of anilines is 1. The molecule has 0 atom stereocenters. The number of nitrogens with zero attached hydrogens (tertiary/aromatic N) is 3. The fourth-order valence-corrected chi connectivity index (χ4v) is 3.21. The van der Waals surface area contributed by atoms with Crippen molar-refractivity contribution < 1.29 is 19.2 Å². The Morgan fingerprint density at radius 1 is 1.00 bits per heavy atom. The van der Waals surface area contributed by atoms with Crippen molar-refractivity contribution in [2.45, 2.75) is 6.92 Å². The van der Waals surface area contributed by atoms with E-state index in [-0.39, 0.29) is 17.2 Å². The SMILES string of the molecule is COC(=O)c1ccc([N+](=O)[O-])c(N2CCN(C(=O)c3ccc(C)cc3)CC2)c1. The Labute approximate surface area is 162 Å². The van der Waals surface area contributed by atoms with E-state index in [2.05, 4.69) is 0 Å². The summed E-state index contributed by atoms with van der Waals surface area (Å²) in [5, 5.41) is 11.4. The van der Waals surface area contributed by atoms with Crippen LogP contribution < -0.4 is 4.90 Å². The smallest absolute Gasteiger partial charge is 0.337 e. The number of benzene rings is 2. The van der Waals surface area contributed by atoms with Crippen molar-refractivity contribution in [3.8, 4) is 0 Å². The number of methoxy groups -OCH3 is 1. The van der Waals surface area contributed by atoms with Gasteiger partial charge in [0.15, 0.2) is 0 Å². The number of nitro groups is 1. The molecule has 0 N–H and O–H groups in total. The second-order valence-corrected chi connectivity index (χ2v) is 6.60. The molecular weight excluding hydrogens is 362 g/mol. The zero-order chi connectivity index (χ0) is 20.3. The lowest BCUT2D eigenvalue weighted by atomic mass is 10.1. The van der Waals surface area contributed by atoms with E-state index in [1.54, 1.807) is 17.0 Å². The fraction of sp³-hybridized carbons (Fsp3) is 0.300. The van der Waals surface area contributed by atoms with Gasteiger partial charge in [-0.15, -0.1) is 0 Å². The quantitative estimate of drug-likeness (QED) is 0.458. The fourth-order valence-electron chi connectivity index (χ4n) is 3.21. The Kier molecular flexibility index (Phi) is 5.58. The average molecular weight is 383 g/mol. The Morgan fingerprint density at radius 3 is 2.18 bits per heavy atom. The van der Waals surface area contributed by atoms with Gasteiger partial charge in [0.1, 0.15) is 5.69 Å². The predicted molar refractivity (Wildman–Crippen MR) is 104 cm³/mol. The molecule has 1 amide bonds. The first kappa shape index (κ1) is 19.3. The molecule has 2 aromatic carbocycles. The summed E-state index contributed by atoms with van der Waals surface area (Å²) >= 11 is 0. The lowest BCUT2D eigenvalue weighted by molar-refractivity contribution is -0.384. The van der Waals surface area contributed by atoms with Gasteiger partial charge >= 0.3 is 5.97 Å². The molecule has 3 rings (SSSR count). The summed E-state index contributed by atoms with van der Waals surface area (Å²) in [5.74, 6) is -0.609. The van der Waals surface area contributed by atoms with E-state index < -0.39 is 10.9 Å². The number of ether oxygens (including phenoxy) is 1. The van der Waals surface area contributed by atoms with Gasteiger partial charge in [-0.3, -0.25) is 14.9 Å². The largest absolute Gasteiger partial charge is 0.465 e. The third-order valence-corrected chi connectivity index (χ3v) is 4.80. The monoisotopic (exact) mass is 383 g/mol. The highest BCUT2D eigenvalue weighted by Crippen LogP contribution is 2.30. The molecule has 8 nitrogen and oxygen atoms in total. The molecule has 1 fully saturated rings. The van der Waals surface area contributed by atoms with Crippen LogP contribution in [0.3, 0.4) is 0 Å². The molecule has 0 aromatic heterocycles. The van der Waals surface area contributed by atoms with Crippen molar-refractivity contribution in [1.82, 2.24) is 4.90 Å². The first-order valence-electron chi connectivity index (χ1n) is 8.88. The molecule has 0 aliphatic carbocycles. The van der Waals surface area contributed by atoms with Gasteiger partial charge in [-0.05, 0) is 31.2 Å². The molecule has 0 spiro atoms. The molecule has 0 unspecified atom stereocenters. The van der Waals surface area contributed by atoms with Gasteiger partial charge in [-0.2, -0.15) is 0 Å². The number of piperazine rings is 1. The molecule has 0 radical (unpaired) electrons. The number of amides is 1. The van der Waals surface area contributed by atoms with Crippen LogP contribution in [-0.4, -0.2) is 55.0 Å². The first-order chi connectivity index (χ1) is 13.4. The molecule has 28 heavy (non-hydrogen) atoms. The third-order valence-electron chi connectivity index (χ3n) is 4.80. The number of hydrogen-bond donors (Lipinski definition) is 0. The van der Waals surface area contributed by atoms with Gasteiger partial charge in [0.25, 0.3) is 11.6 Å². The molecule has 1 saturated heterocycles. The number of esters is 1. The van der Waals surface area contributed by atoms with E-state index >= 15 is 0 Å². The molecule has 146 valence electrons. The van der Waals surface area contributed by atoms with E-state index in [1.165, 1.54) is 25.3 Å². The molecule has 0 saturated carbocycles. The minimum absolute atomic E-state index is 0.0579. The van der Waals surface area contributed by atoms with E-state index in [0.717, 1.165) is 5.56 Å². The lowest BCUT2D eigenvalue weighted by Gasteiger charge is -2.36. The number of carbonyl (C=O) groups excluding carboxylic acids is 2. The van der Waals surface area contributed by atoms with Crippen molar-refractivity contribution in [2.75, 3.05) is 38.2 Å². The Morgan fingerprint density at radius 2 is 1.61 bits per heavy atom. The van der Waals surface area contributed by atoms with Gasteiger partial charge < -0.3 is 14.5 Å². The van der Waals surface area contributed by atoms with E-state index in [4.69, 9.17) is 4.74 Å². The maximum Gasteiger partial charge on any atom is 0.337 e. The number of carbonyl (C=O) groups is 2. The van der Waals surface area contributed by atoms with Crippen LogP contribution in [0.2, 0.25) is 0 Å². The summed E-state index contributed by atoms with van der Waals surface area (Å²) in [5.41, 5.74) is 2.24. The average Bonchev–Trinajstić information content (AvgIpc) is 2.72. The van der Waals surface area contributed by atoms with E-state index in [9.17, 15) is 19.7 Å². The van der Waals surface area contributed by atoms with Crippen LogP contribution in [0.4, 0.5) is 11.4 Å². The van der Waals surface area contributed by atoms with Crippen molar-refractivity contribution in [3.05, 3.63) is 69.3 Å². The summed E-state index contributed by atoms with van der Waals surface area (Å²) in [6.45, 7) is 3.70. The number of nitro benzene ring substituents is 1. The molecule has 1 heterocycles. The van der Waals surface area contributed by atoms with Gasteiger partial charge in [0.05, 0.1) is 17.6 Å². The minimum Gasteiger partial charge on any atom is -0.465 e. The Hall–Kier alpha value is -3.42. The zero-order valence-electron chi connectivity index (χ0n) is 15.8. The van der Waals surface area contributed by atoms with Crippen LogP contribution in [0.5, 0.6) is 0 Å². The molecule has 1 aliphatic rings. The van der Waals surface area contributed by atoms with Crippen LogP contribution in [-0.2, 0) is 4.74 Å². The Balaban J connectivity index is 1.77. The van der Waals surface area contributed by atoms with Crippen LogP contribution >= 0.6 is 0 Å². The number of rotatable bonds is 4. The second kappa shape index (κ2) is 8.08. The molecule has 2 aromatic rings. The predicted octanol–water partition coefficient (Wildman–Crippen LogP) is 2.65. The summed E-state index contributed by atoms with van der Waals surface area (Å²) in [4.78, 5) is 38.9. The van der Waals surface area contributed by atoms with Crippen LogP contribution in [0, 0.1) is 17.0 Å². The van der Waals surface area contributed by atoms with E-state index in [0.29, 0.717) is 37.4 Å². The lowest BCUT2D eigenvalue weighted by Crippen LogP contribution is -2.49. The van der Waals surface area contributed by atoms with Gasteiger partial charge in [0.2, 0.25) is 0 Å². The molecule has 0 bridgehead atoms. The minimum atomic E-state index is -0.552. The van der Waals surface area contributed by atoms with Crippen molar-refractivity contribution in [1.29, 1.82) is 0 Å². The third kappa shape index (κ3) is 3.95. The number of aryl methyl sites for hydroxylation is 1. The highest BCUT2D eigenvalue weighted by molar-refractivity contribution is 5.94. The molecular formula is C20H21N3O5. The number of hydrogen-bond acceptors (Lipinski definition) is 6. The maximum absolute atomic E-state index is 12.6. The highest BCUT2D eigenvalue weighted by atomic mass is 16.6. The van der Waals surface area contributed by atoms with Crippen molar-refractivity contribution in [2.24, 2.45) is 0 Å². The summed E-state index contributed by atoms with van der Waals surface area (Å²) in [6, 6.07) is 11.6. The second-order valence-electron chi connectivity index (χ2n) is 6.60. The first-order valence-corrected chi connectivity index (χ1v) is 8.88. The van der Waals surface area contributed by atoms with Gasteiger partial charge in [-0.1, -0.05) is 17.7 Å². The summed E-state index contributed by atoms with van der Waals surface area (Å²) in [6.07, 6.45) is 0.